The molecule has 0 rings (SSSR count). The van der Waals surface area contributed by atoms with E-state index in [4.69, 9.17) is 0 Å². The Morgan fingerprint density at radius 1 is 1.15 bits per heavy atom. The van der Waals surface area contributed by atoms with E-state index in [-0.39, 0.29) is 0 Å². The summed E-state index contributed by atoms with van der Waals surface area (Å²) in [5.74, 6) is 0. The Hall–Kier alpha value is 0.669. The van der Waals surface area contributed by atoms with E-state index in [1.165, 1.54) is 19.6 Å². The van der Waals surface area contributed by atoms with Crippen LogP contribution in [-0.2, 0) is 0 Å². The third-order valence-corrected chi connectivity index (χ3v) is 3.40. The number of nitrogens with zero attached hydrogens (tertiary/aromatic N) is 1. The summed E-state index contributed by atoms with van der Waals surface area (Å²) in [6, 6.07) is 0. The van der Waals surface area contributed by atoms with E-state index < -0.39 is 0 Å². The molecule has 0 aliphatic carbocycles. The van der Waals surface area contributed by atoms with Gasteiger partial charge >= 0.3 is 54.0 Å². The van der Waals surface area contributed by atoms with Crippen LogP contribution in [0.2, 0.25) is 0 Å². The van der Waals surface area contributed by atoms with Crippen LogP contribution in [0.5, 0.6) is 0 Å². The molecule has 0 heterocycles. The summed E-state index contributed by atoms with van der Waals surface area (Å²) in [5.41, 5.74) is 0. The minimum absolute atomic E-state index is 1.09. The van der Waals surface area contributed by atoms with Crippen molar-refractivity contribution >= 4 is 35.0 Å². The predicted molar refractivity (Wildman–Crippen MR) is 62.8 cm³/mol. The van der Waals surface area contributed by atoms with Gasteiger partial charge in [0.05, 0.1) is 19.6 Å². The van der Waals surface area contributed by atoms with E-state index in [1.807, 2.05) is 19.0 Å². The van der Waals surface area contributed by atoms with Crippen molar-refractivity contribution in [2.75, 3.05) is 33.7 Å². The first-order chi connectivity index (χ1) is 5.99. The van der Waals surface area contributed by atoms with Crippen LogP contribution in [0, 0.1) is 0 Å². The molecule has 0 aromatic carbocycles. The van der Waals surface area contributed by atoms with Crippen molar-refractivity contribution < 1.29 is 4.90 Å². The van der Waals surface area contributed by atoms with E-state index in [1.54, 1.807) is 4.90 Å². The van der Waals surface area contributed by atoms with Crippen LogP contribution in [0.1, 0.15) is 20.8 Å². The topological polar surface area (TPSA) is 7.68 Å². The van der Waals surface area contributed by atoms with Crippen LogP contribution in [-0.4, -0.2) is 73.7 Å². The van der Waals surface area contributed by atoms with Gasteiger partial charge in [0, 0.05) is 0 Å². The van der Waals surface area contributed by atoms with Gasteiger partial charge in [-0.15, -0.1) is 0 Å². The second-order valence-electron chi connectivity index (χ2n) is 2.97. The zero-order valence-electron chi connectivity index (χ0n) is 9.39. The molecule has 0 fully saturated rings. The van der Waals surface area contributed by atoms with Crippen molar-refractivity contribution in [1.82, 2.24) is 4.90 Å². The van der Waals surface area contributed by atoms with Gasteiger partial charge in [-0.1, -0.05) is 0 Å². The second-order valence-corrected chi connectivity index (χ2v) is 5.90. The van der Waals surface area contributed by atoms with Crippen molar-refractivity contribution in [3.63, 3.8) is 0 Å². The van der Waals surface area contributed by atoms with Crippen molar-refractivity contribution in [3.05, 3.63) is 0 Å². The number of rotatable bonds is 4. The molecule has 1 N–H and O–H groups in total. The van der Waals surface area contributed by atoms with Gasteiger partial charge in [0.2, 0.25) is 0 Å². The van der Waals surface area contributed by atoms with Crippen molar-refractivity contribution in [2.24, 2.45) is 0 Å². The van der Waals surface area contributed by atoms with Gasteiger partial charge in [0.15, 0.2) is 0 Å². The maximum atomic E-state index is 2.83. The zero-order valence-corrected chi connectivity index (χ0v) is 12.8. The molecule has 0 saturated heterocycles. The molecule has 0 amide bonds. The summed E-state index contributed by atoms with van der Waals surface area (Å²) in [6.45, 7) is 10.5. The molecule has 0 spiro atoms. The molecule has 0 aliphatic rings. The molecule has 2 nitrogen and oxygen atoms in total. The van der Waals surface area contributed by atoms with Crippen molar-refractivity contribution in [2.45, 2.75) is 20.8 Å². The molecule has 0 radical (unpaired) electrons. The van der Waals surface area contributed by atoms with Gasteiger partial charge in [-0.25, -0.2) is 0 Å². The fraction of sp³-hybridized carbons (Fsp3) is 0.889. The average molecular weight is 316 g/mol. The molecule has 0 aromatic heterocycles. The molecule has 4 heteroatoms. The average Bonchev–Trinajstić information content (AvgIpc) is 2.08. The third-order valence-electron chi connectivity index (χ3n) is 1.87. The minimum atomic E-state index is 1.09. The molecule has 80 valence electrons. The van der Waals surface area contributed by atoms with Crippen LogP contribution in [0.4, 0.5) is 0 Å². The first kappa shape index (κ1) is 16.1. The molecule has 0 saturated carbocycles. The molecule has 0 aromatic rings. The maximum absolute atomic E-state index is 2.83. The number of quaternary nitrogens is 1. The fourth-order valence-corrected chi connectivity index (χ4v) is 0.750. The van der Waals surface area contributed by atoms with Crippen LogP contribution in [0.15, 0.2) is 0 Å². The van der Waals surface area contributed by atoms with Crippen LogP contribution >= 0.6 is 0 Å². The number of hydrogen-bond acceptors (Lipinski definition) is 1. The molecule has 0 aliphatic heterocycles. The fourth-order valence-electron chi connectivity index (χ4n) is 0.750. The third kappa shape index (κ3) is 12.7. The number of nitrogens with one attached hydrogen (secondary N) is 1. The van der Waals surface area contributed by atoms with E-state index in [9.17, 15) is 0 Å². The summed E-state index contributed by atoms with van der Waals surface area (Å²) in [7, 11) is 3.95. The monoisotopic (exact) mass is 318 g/mol. The van der Waals surface area contributed by atoms with E-state index in [2.05, 4.69) is 52.4 Å². The first-order valence-corrected chi connectivity index (χ1v) is 6.42. The summed E-state index contributed by atoms with van der Waals surface area (Å²) >= 11 is 5.65. The molecule has 0 unspecified atom stereocenters. The van der Waals surface area contributed by atoms with Gasteiger partial charge in [-0.2, -0.15) is 0 Å². The predicted octanol–water partition coefficient (Wildman–Crippen LogP) is -1.10. The summed E-state index contributed by atoms with van der Waals surface area (Å²) in [5, 5.41) is 0. The Bertz CT molecular complexity index is 117. The molecule has 0 bridgehead atoms. The van der Waals surface area contributed by atoms with Gasteiger partial charge in [0.1, 0.15) is 0 Å². The Morgan fingerprint density at radius 2 is 1.38 bits per heavy atom. The van der Waals surface area contributed by atoms with Gasteiger partial charge < -0.3 is 4.90 Å². The molecular weight excluding hydrogens is 294 g/mol. The summed E-state index contributed by atoms with van der Waals surface area (Å²) in [4.78, 5) is 3.65. The first-order valence-electron chi connectivity index (χ1n) is 4.71. The summed E-state index contributed by atoms with van der Waals surface area (Å²) < 4.78 is 1.09. The Kier molecular flexibility index (Phi) is 13.3. The van der Waals surface area contributed by atoms with Crippen LogP contribution in [0.25, 0.3) is 0 Å². The number of hydrogen-bond donors (Lipinski definition) is 1. The van der Waals surface area contributed by atoms with Crippen LogP contribution in [0.3, 0.4) is 0 Å². The van der Waals surface area contributed by atoms with Gasteiger partial charge in [-0.05, 0) is 20.8 Å². The van der Waals surface area contributed by atoms with Crippen molar-refractivity contribution in [3.8, 4) is 0 Å². The van der Waals surface area contributed by atoms with E-state index >= 15 is 0 Å². The summed E-state index contributed by atoms with van der Waals surface area (Å²) in [6.07, 6.45) is 0. The Morgan fingerprint density at radius 3 is 1.38 bits per heavy atom. The van der Waals surface area contributed by atoms with Crippen LogP contribution < -0.4 is 4.90 Å². The van der Waals surface area contributed by atoms with E-state index in [0.717, 1.165) is 3.44 Å². The Labute approximate surface area is 99.2 Å². The molecular formula is C9H22N2Se2. The standard InChI is InChI=1S/C6H15N.C3H7NSe2/c1-4-7(5-2)6-3;1-4(2)3(5)6/h4-6H2,1-3H3;1-2H3,(H,5,6). The quantitative estimate of drug-likeness (QED) is 0.648. The SMILES string of the molecule is CC[NH+](CC)CC.CN(C)C(=[Se])[Se-]. The van der Waals surface area contributed by atoms with E-state index in [0.29, 0.717) is 0 Å². The normalized spacial score (nSPS) is 9.08. The Balaban J connectivity index is 0. The van der Waals surface area contributed by atoms with Crippen molar-refractivity contribution in [1.29, 1.82) is 0 Å². The molecule has 13 heavy (non-hydrogen) atoms. The zero-order chi connectivity index (χ0) is 10.9. The van der Waals surface area contributed by atoms with Gasteiger partial charge in [0.25, 0.3) is 0 Å². The second kappa shape index (κ2) is 10.7. The molecule has 0 atom stereocenters. The van der Waals surface area contributed by atoms with Gasteiger partial charge in [-0.3, -0.25) is 0 Å².